The van der Waals surface area contributed by atoms with Crippen molar-refractivity contribution in [1.82, 2.24) is 19.9 Å². The smallest absolute Gasteiger partial charge is 0.262 e. The van der Waals surface area contributed by atoms with Gasteiger partial charge in [0.1, 0.15) is 0 Å². The van der Waals surface area contributed by atoms with E-state index < -0.39 is 0 Å². The van der Waals surface area contributed by atoms with Crippen LogP contribution in [0.1, 0.15) is 36.0 Å². The van der Waals surface area contributed by atoms with Gasteiger partial charge in [0, 0.05) is 36.9 Å². The Hall–Kier alpha value is -2.80. The summed E-state index contributed by atoms with van der Waals surface area (Å²) in [4.78, 5) is 47.4. The van der Waals surface area contributed by atoms with Crippen LogP contribution >= 0.6 is 23.1 Å². The Kier molecular flexibility index (Phi) is 7.95. The molecule has 2 atom stereocenters. The normalized spacial score (nSPS) is 19.6. The largest absolute Gasteiger partial charge is 0.376 e. The number of aromatic nitrogens is 3. The number of hydrogen-bond acceptors (Lipinski definition) is 9. The van der Waals surface area contributed by atoms with Gasteiger partial charge in [0.25, 0.3) is 11.5 Å². The third-order valence-electron chi connectivity index (χ3n) is 6.12. The Morgan fingerprint density at radius 1 is 1.17 bits per heavy atom. The second-order valence-electron chi connectivity index (χ2n) is 8.70. The van der Waals surface area contributed by atoms with Crippen molar-refractivity contribution >= 4 is 50.9 Å². The van der Waals surface area contributed by atoms with Gasteiger partial charge in [-0.2, -0.15) is 0 Å². The number of fused-ring (bicyclic) bond motifs is 1. The summed E-state index contributed by atoms with van der Waals surface area (Å²) >= 11 is 2.51. The molecule has 12 heteroatoms. The number of ether oxygens (including phenoxy) is 2. The lowest BCUT2D eigenvalue weighted by Crippen LogP contribution is -2.32. The van der Waals surface area contributed by atoms with Crippen molar-refractivity contribution in [3.63, 3.8) is 0 Å². The van der Waals surface area contributed by atoms with Gasteiger partial charge in [0.15, 0.2) is 10.3 Å². The summed E-state index contributed by atoms with van der Waals surface area (Å²) < 4.78 is 12.9. The fourth-order valence-corrected chi connectivity index (χ4v) is 5.64. The van der Waals surface area contributed by atoms with Crippen molar-refractivity contribution in [3.8, 4) is 0 Å². The first-order chi connectivity index (χ1) is 17.6. The first-order valence-corrected chi connectivity index (χ1v) is 13.8. The van der Waals surface area contributed by atoms with E-state index in [1.807, 2.05) is 0 Å². The van der Waals surface area contributed by atoms with Crippen molar-refractivity contribution in [2.75, 3.05) is 30.8 Å². The molecule has 0 saturated carbocycles. The highest BCUT2D eigenvalue weighted by Gasteiger charge is 2.22. The number of nitrogens with one attached hydrogen (secondary N) is 2. The third kappa shape index (κ3) is 5.94. The van der Waals surface area contributed by atoms with Gasteiger partial charge >= 0.3 is 0 Å². The standard InChI is InChI=1S/C24H27N5O5S2/c30-20(28-23-25-7-10-35-23)14-36-24-27-19-11-15(21(31)26-12-16-3-1-8-33-16)5-6-18(19)22(32)29(24)13-17-4-2-9-34-17/h5-7,10-11,16-17H,1-4,8-9,12-14H2,(H,26,31)(H,25,28,30)/t16-,17-/m1/s1. The fourth-order valence-electron chi connectivity index (χ4n) is 4.29. The molecule has 2 N–H and O–H groups in total. The zero-order valence-electron chi connectivity index (χ0n) is 19.6. The van der Waals surface area contributed by atoms with E-state index in [1.54, 1.807) is 34.3 Å². The Balaban J connectivity index is 1.38. The molecule has 4 heterocycles. The van der Waals surface area contributed by atoms with Gasteiger partial charge < -0.3 is 20.1 Å². The lowest BCUT2D eigenvalue weighted by Gasteiger charge is -2.17. The molecule has 1 aromatic carbocycles. The van der Waals surface area contributed by atoms with Crippen LogP contribution in [0.4, 0.5) is 5.13 Å². The summed E-state index contributed by atoms with van der Waals surface area (Å²) in [6, 6.07) is 4.90. The number of hydrogen-bond donors (Lipinski definition) is 2. The number of carbonyl (C=O) groups excluding carboxylic acids is 2. The van der Waals surface area contributed by atoms with Crippen LogP contribution < -0.4 is 16.2 Å². The highest BCUT2D eigenvalue weighted by molar-refractivity contribution is 7.99. The van der Waals surface area contributed by atoms with E-state index in [4.69, 9.17) is 14.5 Å². The molecule has 2 saturated heterocycles. The lowest BCUT2D eigenvalue weighted by molar-refractivity contribution is -0.113. The quantitative estimate of drug-likeness (QED) is 0.320. The van der Waals surface area contributed by atoms with Gasteiger partial charge in [-0.05, 0) is 43.9 Å². The van der Waals surface area contributed by atoms with E-state index in [0.29, 0.717) is 46.5 Å². The van der Waals surface area contributed by atoms with Crippen molar-refractivity contribution < 1.29 is 19.1 Å². The van der Waals surface area contributed by atoms with Crippen molar-refractivity contribution in [1.29, 1.82) is 0 Å². The van der Waals surface area contributed by atoms with E-state index in [0.717, 1.165) is 32.3 Å². The van der Waals surface area contributed by atoms with E-state index in [-0.39, 0.29) is 35.3 Å². The minimum absolute atomic E-state index is 0.0380. The molecule has 5 rings (SSSR count). The monoisotopic (exact) mass is 529 g/mol. The van der Waals surface area contributed by atoms with E-state index in [1.165, 1.54) is 23.1 Å². The van der Waals surface area contributed by atoms with Crippen molar-refractivity contribution in [3.05, 3.63) is 45.7 Å². The van der Waals surface area contributed by atoms with Gasteiger partial charge in [-0.1, -0.05) is 11.8 Å². The van der Waals surface area contributed by atoms with Crippen LogP contribution in [0.25, 0.3) is 10.9 Å². The molecule has 2 fully saturated rings. The predicted molar refractivity (Wildman–Crippen MR) is 138 cm³/mol. The average molecular weight is 530 g/mol. The van der Waals surface area contributed by atoms with Crippen LogP contribution in [-0.2, 0) is 20.8 Å². The molecule has 2 aliphatic rings. The molecule has 3 aromatic rings. The summed E-state index contributed by atoms with van der Waals surface area (Å²) in [7, 11) is 0. The number of nitrogens with zero attached hydrogens (tertiary/aromatic N) is 3. The second kappa shape index (κ2) is 11.5. The van der Waals surface area contributed by atoms with Crippen LogP contribution in [-0.4, -0.2) is 64.1 Å². The average Bonchev–Trinajstić information content (AvgIpc) is 3.67. The number of rotatable bonds is 9. The number of carbonyl (C=O) groups is 2. The van der Waals surface area contributed by atoms with Gasteiger partial charge in [0.2, 0.25) is 5.91 Å². The summed E-state index contributed by atoms with van der Waals surface area (Å²) in [6.45, 7) is 2.20. The highest BCUT2D eigenvalue weighted by Crippen LogP contribution is 2.22. The lowest BCUT2D eigenvalue weighted by atomic mass is 10.1. The van der Waals surface area contributed by atoms with Crippen molar-refractivity contribution in [2.45, 2.75) is 49.6 Å². The van der Waals surface area contributed by atoms with E-state index in [2.05, 4.69) is 15.6 Å². The predicted octanol–water partition coefficient (Wildman–Crippen LogP) is 2.67. The molecule has 2 aliphatic heterocycles. The van der Waals surface area contributed by atoms with Crippen LogP contribution in [0, 0.1) is 0 Å². The Morgan fingerprint density at radius 3 is 2.69 bits per heavy atom. The van der Waals surface area contributed by atoms with Gasteiger partial charge in [0.05, 0.1) is 35.4 Å². The maximum absolute atomic E-state index is 13.4. The van der Waals surface area contributed by atoms with Gasteiger partial charge in [-0.3, -0.25) is 19.0 Å². The molecule has 190 valence electrons. The summed E-state index contributed by atoms with van der Waals surface area (Å²) in [5.41, 5.74) is 0.613. The Morgan fingerprint density at radius 2 is 1.97 bits per heavy atom. The summed E-state index contributed by atoms with van der Waals surface area (Å²) in [5, 5.41) is 8.77. The molecule has 0 radical (unpaired) electrons. The minimum Gasteiger partial charge on any atom is -0.376 e. The summed E-state index contributed by atoms with van der Waals surface area (Å²) in [6.07, 6.45) is 5.32. The molecule has 0 aliphatic carbocycles. The van der Waals surface area contributed by atoms with E-state index >= 15 is 0 Å². The number of thioether (sulfide) groups is 1. The molecule has 0 bridgehead atoms. The number of amides is 2. The first kappa shape index (κ1) is 24.9. The number of thiazole rings is 1. The topological polar surface area (TPSA) is 124 Å². The van der Waals surface area contributed by atoms with Crippen LogP contribution in [0.15, 0.2) is 39.7 Å². The fraction of sp³-hybridized carbons (Fsp3) is 0.458. The SMILES string of the molecule is O=C(CSc1nc2cc(C(=O)NC[C@H]3CCCO3)ccc2c(=O)n1C[C@H]1CCCO1)Nc1nccs1. The minimum atomic E-state index is -0.241. The maximum atomic E-state index is 13.4. The molecule has 36 heavy (non-hydrogen) atoms. The number of benzene rings is 1. The van der Waals surface area contributed by atoms with E-state index in [9.17, 15) is 14.4 Å². The molecule has 0 unspecified atom stereocenters. The molecule has 2 aromatic heterocycles. The van der Waals surface area contributed by atoms with Crippen LogP contribution in [0.2, 0.25) is 0 Å². The van der Waals surface area contributed by atoms with Crippen LogP contribution in [0.5, 0.6) is 0 Å². The van der Waals surface area contributed by atoms with Gasteiger partial charge in [-0.15, -0.1) is 11.3 Å². The summed E-state index contributed by atoms with van der Waals surface area (Å²) in [5.74, 6) is -0.421. The molecule has 0 spiro atoms. The Bertz CT molecular complexity index is 1280. The molecular formula is C24H27N5O5S2. The zero-order valence-corrected chi connectivity index (χ0v) is 21.2. The third-order valence-corrected chi connectivity index (χ3v) is 7.78. The first-order valence-electron chi connectivity index (χ1n) is 11.9. The van der Waals surface area contributed by atoms with Gasteiger partial charge in [-0.25, -0.2) is 9.97 Å². The molecule has 2 amide bonds. The zero-order chi connectivity index (χ0) is 24.9. The Labute approximate surface area is 215 Å². The highest BCUT2D eigenvalue weighted by atomic mass is 32.2. The van der Waals surface area contributed by atoms with Crippen LogP contribution in [0.3, 0.4) is 0 Å². The molecule has 10 nitrogen and oxygen atoms in total. The molecular weight excluding hydrogens is 502 g/mol. The van der Waals surface area contributed by atoms with Crippen molar-refractivity contribution in [2.24, 2.45) is 0 Å². The maximum Gasteiger partial charge on any atom is 0.262 e. The second-order valence-corrected chi connectivity index (χ2v) is 10.5. The number of anilines is 1.